The van der Waals surface area contributed by atoms with Gasteiger partial charge in [0, 0.05) is 35.7 Å². The number of carbonyl (C=O) groups excluding carboxylic acids is 1. The van der Waals surface area contributed by atoms with Gasteiger partial charge in [0.2, 0.25) is 5.91 Å². The maximum atomic E-state index is 12.5. The molecule has 25 heavy (non-hydrogen) atoms. The molecule has 0 aliphatic carbocycles. The molecule has 2 aromatic heterocycles. The van der Waals surface area contributed by atoms with Crippen LogP contribution >= 0.6 is 0 Å². The highest BCUT2D eigenvalue weighted by molar-refractivity contribution is 5.94. The lowest BCUT2D eigenvalue weighted by Crippen LogP contribution is -2.39. The summed E-state index contributed by atoms with van der Waals surface area (Å²) in [7, 11) is 0. The summed E-state index contributed by atoms with van der Waals surface area (Å²) in [5, 5.41) is 8.31. The van der Waals surface area contributed by atoms with E-state index in [1.165, 1.54) is 0 Å². The topological polar surface area (TPSA) is 63.1 Å². The van der Waals surface area contributed by atoms with Gasteiger partial charge in [-0.1, -0.05) is 6.07 Å². The van der Waals surface area contributed by atoms with Crippen molar-refractivity contribution < 1.29 is 4.79 Å². The SMILES string of the molecule is O=C(CN1CCCC1Cn1cccn1)Nc1ccc2ncccc2c1. The Balaban J connectivity index is 1.38. The van der Waals surface area contributed by atoms with Crippen molar-refractivity contribution in [2.75, 3.05) is 18.4 Å². The number of aromatic nitrogens is 3. The molecule has 0 spiro atoms. The van der Waals surface area contributed by atoms with E-state index in [9.17, 15) is 4.79 Å². The monoisotopic (exact) mass is 335 g/mol. The minimum absolute atomic E-state index is 0.0237. The third-order valence-corrected chi connectivity index (χ3v) is 4.69. The molecule has 1 amide bonds. The zero-order chi connectivity index (χ0) is 17.1. The molecule has 0 bridgehead atoms. The first-order chi connectivity index (χ1) is 12.3. The standard InChI is InChI=1S/C19H21N5O/c25-19(22-16-6-7-18-15(12-16)4-1-8-20-18)14-23-10-2-5-17(23)13-24-11-3-9-21-24/h1,3-4,6-9,11-12,17H,2,5,10,13-14H2,(H,22,25). The third kappa shape index (κ3) is 3.69. The smallest absolute Gasteiger partial charge is 0.238 e. The summed E-state index contributed by atoms with van der Waals surface area (Å²) in [6, 6.07) is 12.0. The number of hydrogen-bond acceptors (Lipinski definition) is 4. The van der Waals surface area contributed by atoms with E-state index in [1.807, 2.05) is 47.3 Å². The van der Waals surface area contributed by atoms with E-state index < -0.39 is 0 Å². The molecule has 0 saturated carbocycles. The average molecular weight is 335 g/mol. The number of benzene rings is 1. The van der Waals surface area contributed by atoms with Gasteiger partial charge in [0.1, 0.15) is 0 Å². The Morgan fingerprint density at radius 2 is 2.20 bits per heavy atom. The first-order valence-electron chi connectivity index (χ1n) is 8.64. The highest BCUT2D eigenvalue weighted by Gasteiger charge is 2.26. The zero-order valence-electron chi connectivity index (χ0n) is 14.0. The molecule has 1 unspecified atom stereocenters. The van der Waals surface area contributed by atoms with E-state index in [2.05, 4.69) is 20.3 Å². The van der Waals surface area contributed by atoms with E-state index >= 15 is 0 Å². The van der Waals surface area contributed by atoms with Crippen molar-refractivity contribution in [2.24, 2.45) is 0 Å². The number of amides is 1. The first kappa shape index (κ1) is 15.8. The van der Waals surface area contributed by atoms with Gasteiger partial charge < -0.3 is 5.32 Å². The Hall–Kier alpha value is -2.73. The molecular weight excluding hydrogens is 314 g/mol. The lowest BCUT2D eigenvalue weighted by molar-refractivity contribution is -0.117. The molecule has 0 radical (unpaired) electrons. The molecule has 1 aliphatic rings. The van der Waals surface area contributed by atoms with E-state index in [0.717, 1.165) is 42.5 Å². The molecular formula is C19H21N5O. The number of likely N-dealkylation sites (tertiary alicyclic amines) is 1. The van der Waals surface area contributed by atoms with Crippen LogP contribution in [0.5, 0.6) is 0 Å². The number of nitrogens with one attached hydrogen (secondary N) is 1. The molecule has 1 saturated heterocycles. The Kier molecular flexibility index (Phi) is 4.43. The van der Waals surface area contributed by atoms with Crippen LogP contribution in [0.2, 0.25) is 0 Å². The largest absolute Gasteiger partial charge is 0.325 e. The van der Waals surface area contributed by atoms with Crippen molar-refractivity contribution in [3.8, 4) is 0 Å². The van der Waals surface area contributed by atoms with Crippen LogP contribution in [0.3, 0.4) is 0 Å². The number of anilines is 1. The van der Waals surface area contributed by atoms with E-state index in [4.69, 9.17) is 0 Å². The number of pyridine rings is 1. The molecule has 6 nitrogen and oxygen atoms in total. The molecule has 3 aromatic rings. The minimum atomic E-state index is 0.0237. The molecule has 1 aromatic carbocycles. The fourth-order valence-corrected chi connectivity index (χ4v) is 3.47. The molecule has 128 valence electrons. The average Bonchev–Trinajstić information content (AvgIpc) is 3.28. The predicted molar refractivity (Wildman–Crippen MR) is 97.2 cm³/mol. The quantitative estimate of drug-likeness (QED) is 0.778. The van der Waals surface area contributed by atoms with E-state index in [-0.39, 0.29) is 5.91 Å². The third-order valence-electron chi connectivity index (χ3n) is 4.69. The van der Waals surface area contributed by atoms with Crippen LogP contribution in [0, 0.1) is 0 Å². The normalized spacial score (nSPS) is 17.8. The molecule has 1 fully saturated rings. The Labute approximate surface area is 146 Å². The molecule has 6 heteroatoms. The fraction of sp³-hybridized carbons (Fsp3) is 0.316. The highest BCUT2D eigenvalue weighted by Crippen LogP contribution is 2.20. The number of nitrogens with zero attached hydrogens (tertiary/aromatic N) is 4. The molecule has 1 N–H and O–H groups in total. The van der Waals surface area contributed by atoms with Gasteiger partial charge in [-0.25, -0.2) is 0 Å². The van der Waals surface area contributed by atoms with Crippen LogP contribution in [-0.4, -0.2) is 44.7 Å². The Morgan fingerprint density at radius 1 is 1.24 bits per heavy atom. The van der Waals surface area contributed by atoms with Gasteiger partial charge in [-0.05, 0) is 49.7 Å². The van der Waals surface area contributed by atoms with Crippen LogP contribution in [0.4, 0.5) is 5.69 Å². The number of rotatable bonds is 5. The highest BCUT2D eigenvalue weighted by atomic mass is 16.2. The van der Waals surface area contributed by atoms with Gasteiger partial charge in [0.15, 0.2) is 0 Å². The molecule has 4 rings (SSSR count). The summed E-state index contributed by atoms with van der Waals surface area (Å²) in [4.78, 5) is 19.0. The Bertz CT molecular complexity index is 861. The second-order valence-corrected chi connectivity index (χ2v) is 6.45. The first-order valence-corrected chi connectivity index (χ1v) is 8.64. The van der Waals surface area contributed by atoms with Gasteiger partial charge in [0.05, 0.1) is 18.6 Å². The van der Waals surface area contributed by atoms with Gasteiger partial charge in [-0.15, -0.1) is 0 Å². The summed E-state index contributed by atoms with van der Waals surface area (Å²) in [5.74, 6) is 0.0237. The summed E-state index contributed by atoms with van der Waals surface area (Å²) < 4.78 is 1.94. The molecule has 1 atom stereocenters. The second kappa shape index (κ2) is 7.03. The van der Waals surface area contributed by atoms with Crippen molar-refractivity contribution >= 4 is 22.5 Å². The van der Waals surface area contributed by atoms with Crippen molar-refractivity contribution in [1.82, 2.24) is 19.7 Å². The van der Waals surface area contributed by atoms with E-state index in [0.29, 0.717) is 12.6 Å². The van der Waals surface area contributed by atoms with Crippen molar-refractivity contribution in [2.45, 2.75) is 25.4 Å². The number of hydrogen-bond donors (Lipinski definition) is 1. The van der Waals surface area contributed by atoms with Gasteiger partial charge in [0.25, 0.3) is 0 Å². The summed E-state index contributed by atoms with van der Waals surface area (Å²) in [5.41, 5.74) is 1.74. The van der Waals surface area contributed by atoms with Gasteiger partial charge in [-0.3, -0.25) is 19.4 Å². The summed E-state index contributed by atoms with van der Waals surface area (Å²) >= 11 is 0. The van der Waals surface area contributed by atoms with E-state index in [1.54, 1.807) is 12.4 Å². The van der Waals surface area contributed by atoms with Crippen LogP contribution < -0.4 is 5.32 Å². The van der Waals surface area contributed by atoms with Crippen LogP contribution in [-0.2, 0) is 11.3 Å². The fourth-order valence-electron chi connectivity index (χ4n) is 3.47. The lowest BCUT2D eigenvalue weighted by Gasteiger charge is -2.23. The lowest BCUT2D eigenvalue weighted by atomic mass is 10.2. The second-order valence-electron chi connectivity index (χ2n) is 6.45. The number of carbonyl (C=O) groups is 1. The molecule has 3 heterocycles. The minimum Gasteiger partial charge on any atom is -0.325 e. The maximum Gasteiger partial charge on any atom is 0.238 e. The summed E-state index contributed by atoms with van der Waals surface area (Å²) in [6.45, 7) is 2.21. The zero-order valence-corrected chi connectivity index (χ0v) is 14.0. The van der Waals surface area contributed by atoms with Crippen molar-refractivity contribution in [1.29, 1.82) is 0 Å². The van der Waals surface area contributed by atoms with Crippen LogP contribution in [0.1, 0.15) is 12.8 Å². The predicted octanol–water partition coefficient (Wildman–Crippen LogP) is 2.53. The van der Waals surface area contributed by atoms with Gasteiger partial charge >= 0.3 is 0 Å². The number of fused-ring (bicyclic) bond motifs is 1. The van der Waals surface area contributed by atoms with Crippen molar-refractivity contribution in [3.05, 3.63) is 55.0 Å². The van der Waals surface area contributed by atoms with Crippen LogP contribution in [0.15, 0.2) is 55.0 Å². The molecule has 1 aliphatic heterocycles. The Morgan fingerprint density at radius 3 is 3.08 bits per heavy atom. The van der Waals surface area contributed by atoms with Crippen molar-refractivity contribution in [3.63, 3.8) is 0 Å². The van der Waals surface area contributed by atoms with Gasteiger partial charge in [-0.2, -0.15) is 5.10 Å². The van der Waals surface area contributed by atoms with Crippen LogP contribution in [0.25, 0.3) is 10.9 Å². The maximum absolute atomic E-state index is 12.5. The summed E-state index contributed by atoms with van der Waals surface area (Å²) in [6.07, 6.45) is 7.77.